The van der Waals surface area contributed by atoms with Gasteiger partial charge in [0.25, 0.3) is 0 Å². The van der Waals surface area contributed by atoms with Crippen LogP contribution in [0, 0.1) is 5.92 Å². The normalized spacial score (nSPS) is 21.8. The van der Waals surface area contributed by atoms with Gasteiger partial charge in [0.2, 0.25) is 5.92 Å². The minimum atomic E-state index is -2.57. The van der Waals surface area contributed by atoms with Crippen LogP contribution in [-0.2, 0) is 4.74 Å². The molecule has 1 saturated heterocycles. The van der Waals surface area contributed by atoms with Crippen molar-refractivity contribution in [3.8, 4) is 0 Å². The number of nitrogens with zero attached hydrogens (tertiary/aromatic N) is 2. The zero-order valence-corrected chi connectivity index (χ0v) is 21.7. The second-order valence-corrected chi connectivity index (χ2v) is 9.47. The molecule has 2 unspecified atom stereocenters. The first kappa shape index (κ1) is 28.6. The molecular formula is C25H41ClF2N2O2. The van der Waals surface area contributed by atoms with Gasteiger partial charge in [-0.05, 0) is 51.3 Å². The fourth-order valence-corrected chi connectivity index (χ4v) is 4.33. The lowest BCUT2D eigenvalue weighted by Gasteiger charge is -2.49. The summed E-state index contributed by atoms with van der Waals surface area (Å²) in [5, 5.41) is 0.629. The molecule has 2 atom stereocenters. The molecule has 32 heavy (non-hydrogen) atoms. The summed E-state index contributed by atoms with van der Waals surface area (Å²) < 4.78 is 32.7. The van der Waals surface area contributed by atoms with Crippen LogP contribution in [0.5, 0.6) is 0 Å². The van der Waals surface area contributed by atoms with E-state index in [4.69, 9.17) is 16.3 Å². The Hall–Kier alpha value is -1.40. The minimum absolute atomic E-state index is 0.0565. The fourth-order valence-electron chi connectivity index (χ4n) is 4.20. The lowest BCUT2D eigenvalue weighted by Crippen LogP contribution is -2.57. The van der Waals surface area contributed by atoms with Gasteiger partial charge in [-0.2, -0.15) is 0 Å². The molecule has 2 fully saturated rings. The number of hydrogen-bond donors (Lipinski definition) is 0. The van der Waals surface area contributed by atoms with Crippen LogP contribution in [0.25, 0.3) is 0 Å². The maximum absolute atomic E-state index is 13.6. The number of halogens is 3. The molecule has 1 aromatic rings. The van der Waals surface area contributed by atoms with Crippen molar-refractivity contribution in [3.63, 3.8) is 0 Å². The number of alkyl halides is 2. The molecule has 1 aromatic carbocycles. The van der Waals surface area contributed by atoms with Crippen LogP contribution in [0.15, 0.2) is 24.3 Å². The Morgan fingerprint density at radius 1 is 1.09 bits per heavy atom. The summed E-state index contributed by atoms with van der Waals surface area (Å²) in [5.41, 5.74) is 0.458. The third-order valence-electron chi connectivity index (χ3n) is 5.46. The average molecular weight is 475 g/mol. The molecule has 1 amide bonds. The highest BCUT2D eigenvalue weighted by Gasteiger charge is 2.50. The van der Waals surface area contributed by atoms with Crippen LogP contribution in [0.4, 0.5) is 13.6 Å². The van der Waals surface area contributed by atoms with E-state index in [1.807, 2.05) is 67.5 Å². The van der Waals surface area contributed by atoms with Crippen LogP contribution in [0.1, 0.15) is 79.8 Å². The molecule has 0 spiro atoms. The highest BCUT2D eigenvalue weighted by Crippen LogP contribution is 2.50. The van der Waals surface area contributed by atoms with Crippen LogP contribution < -0.4 is 0 Å². The van der Waals surface area contributed by atoms with Crippen molar-refractivity contribution < 1.29 is 18.3 Å². The van der Waals surface area contributed by atoms with Crippen LogP contribution in [0.3, 0.4) is 0 Å². The summed E-state index contributed by atoms with van der Waals surface area (Å²) in [5.74, 6) is -2.67. The summed E-state index contributed by atoms with van der Waals surface area (Å²) in [6.07, 6.45) is -0.514. The third kappa shape index (κ3) is 7.87. The van der Waals surface area contributed by atoms with E-state index in [-0.39, 0.29) is 36.9 Å². The zero-order valence-electron chi connectivity index (χ0n) is 20.9. The van der Waals surface area contributed by atoms with Crippen molar-refractivity contribution in [2.45, 2.75) is 91.8 Å². The van der Waals surface area contributed by atoms with E-state index in [2.05, 4.69) is 4.90 Å². The highest BCUT2D eigenvalue weighted by molar-refractivity contribution is 6.30. The van der Waals surface area contributed by atoms with Gasteiger partial charge in [0, 0.05) is 49.6 Å². The van der Waals surface area contributed by atoms with Crippen molar-refractivity contribution in [3.05, 3.63) is 34.9 Å². The standard InChI is InChI=1S/C21H29ClF2N2O2.2C2H6/c1-14-13-25(9-10-26(14)19(27)28-20(2,3)4)18(16-11-21(23,24)12-16)15-5-7-17(22)8-6-15;2*1-2/h5-8,14,16,18H,9-13H2,1-4H3;2*1-2H3. The summed E-state index contributed by atoms with van der Waals surface area (Å²) in [6, 6.07) is 7.31. The van der Waals surface area contributed by atoms with Gasteiger partial charge in [0.15, 0.2) is 0 Å². The molecule has 3 rings (SSSR count). The second-order valence-electron chi connectivity index (χ2n) is 9.04. The van der Waals surface area contributed by atoms with E-state index in [0.717, 1.165) is 5.56 Å². The molecular weight excluding hydrogens is 434 g/mol. The van der Waals surface area contributed by atoms with Crippen molar-refractivity contribution in [1.29, 1.82) is 0 Å². The third-order valence-corrected chi connectivity index (χ3v) is 5.71. The maximum Gasteiger partial charge on any atom is 0.410 e. The summed E-state index contributed by atoms with van der Waals surface area (Å²) in [7, 11) is 0. The lowest BCUT2D eigenvalue weighted by atomic mass is 9.73. The van der Waals surface area contributed by atoms with Gasteiger partial charge in [0.1, 0.15) is 5.60 Å². The number of carbonyl (C=O) groups excluding carboxylic acids is 1. The SMILES string of the molecule is CC.CC.CC1CN(C(c2ccc(Cl)cc2)C2CC(F)(F)C2)CCN1C(=O)OC(C)(C)C. The van der Waals surface area contributed by atoms with Gasteiger partial charge in [-0.1, -0.05) is 51.4 Å². The number of carbonyl (C=O) groups is 1. The van der Waals surface area contributed by atoms with E-state index in [1.165, 1.54) is 0 Å². The zero-order chi connectivity index (χ0) is 24.7. The second kappa shape index (κ2) is 12.2. The average Bonchev–Trinajstić information content (AvgIpc) is 2.70. The molecule has 1 aliphatic heterocycles. The molecule has 0 N–H and O–H groups in total. The predicted octanol–water partition coefficient (Wildman–Crippen LogP) is 7.42. The van der Waals surface area contributed by atoms with Gasteiger partial charge < -0.3 is 9.64 Å². The Labute approximate surface area is 198 Å². The van der Waals surface area contributed by atoms with Gasteiger partial charge in [-0.15, -0.1) is 0 Å². The number of piperazine rings is 1. The van der Waals surface area contributed by atoms with Gasteiger partial charge in [-0.3, -0.25) is 4.90 Å². The Morgan fingerprint density at radius 2 is 1.62 bits per heavy atom. The Bertz CT molecular complexity index is 699. The smallest absolute Gasteiger partial charge is 0.410 e. The molecule has 7 heteroatoms. The van der Waals surface area contributed by atoms with Crippen LogP contribution in [-0.4, -0.2) is 53.1 Å². The Kier molecular flexibility index (Phi) is 10.9. The number of amides is 1. The van der Waals surface area contributed by atoms with E-state index in [9.17, 15) is 13.6 Å². The molecule has 1 aliphatic carbocycles. The molecule has 0 aromatic heterocycles. The first-order valence-electron chi connectivity index (χ1n) is 11.8. The highest BCUT2D eigenvalue weighted by atomic mass is 35.5. The molecule has 4 nitrogen and oxygen atoms in total. The molecule has 2 aliphatic rings. The molecule has 184 valence electrons. The number of hydrogen-bond acceptors (Lipinski definition) is 3. The summed E-state index contributed by atoms with van der Waals surface area (Å²) in [6.45, 7) is 17.3. The van der Waals surface area contributed by atoms with E-state index in [1.54, 1.807) is 17.0 Å². The number of benzene rings is 1. The topological polar surface area (TPSA) is 32.8 Å². The predicted molar refractivity (Wildman–Crippen MR) is 129 cm³/mol. The first-order chi connectivity index (χ1) is 15.0. The Morgan fingerprint density at radius 3 is 2.06 bits per heavy atom. The van der Waals surface area contributed by atoms with Crippen molar-refractivity contribution in [2.75, 3.05) is 19.6 Å². The van der Waals surface area contributed by atoms with Gasteiger partial charge in [-0.25, -0.2) is 13.6 Å². The fraction of sp³-hybridized carbons (Fsp3) is 0.720. The van der Waals surface area contributed by atoms with Crippen molar-refractivity contribution in [1.82, 2.24) is 9.80 Å². The Balaban J connectivity index is 0.00000121. The van der Waals surface area contributed by atoms with Gasteiger partial charge >= 0.3 is 6.09 Å². The van der Waals surface area contributed by atoms with Gasteiger partial charge in [0.05, 0.1) is 0 Å². The van der Waals surface area contributed by atoms with E-state index in [0.29, 0.717) is 24.7 Å². The summed E-state index contributed by atoms with van der Waals surface area (Å²) in [4.78, 5) is 16.4. The first-order valence-corrected chi connectivity index (χ1v) is 12.2. The molecule has 0 radical (unpaired) electrons. The summed E-state index contributed by atoms with van der Waals surface area (Å²) >= 11 is 6.01. The van der Waals surface area contributed by atoms with Crippen molar-refractivity contribution >= 4 is 17.7 Å². The maximum atomic E-state index is 13.6. The number of rotatable bonds is 3. The molecule has 1 heterocycles. The lowest BCUT2D eigenvalue weighted by molar-refractivity contribution is -0.136. The molecule has 0 bridgehead atoms. The van der Waals surface area contributed by atoms with E-state index >= 15 is 0 Å². The van der Waals surface area contributed by atoms with E-state index < -0.39 is 11.5 Å². The molecule has 1 saturated carbocycles. The number of ether oxygens (including phenoxy) is 1. The van der Waals surface area contributed by atoms with Crippen LogP contribution in [0.2, 0.25) is 5.02 Å². The minimum Gasteiger partial charge on any atom is -0.444 e. The van der Waals surface area contributed by atoms with Crippen LogP contribution >= 0.6 is 11.6 Å². The monoisotopic (exact) mass is 474 g/mol. The van der Waals surface area contributed by atoms with Crippen molar-refractivity contribution in [2.24, 2.45) is 5.92 Å². The largest absolute Gasteiger partial charge is 0.444 e. The quantitative estimate of drug-likeness (QED) is 0.456.